The van der Waals surface area contributed by atoms with Gasteiger partial charge >= 0.3 is 0 Å². The maximum Gasteiger partial charge on any atom is 0.264 e. The van der Waals surface area contributed by atoms with Gasteiger partial charge in [0.2, 0.25) is 0 Å². The summed E-state index contributed by atoms with van der Waals surface area (Å²) in [5.74, 6) is -0.221. The highest BCUT2D eigenvalue weighted by Gasteiger charge is 2.30. The van der Waals surface area contributed by atoms with Gasteiger partial charge < -0.3 is 4.74 Å². The van der Waals surface area contributed by atoms with Gasteiger partial charge in [0.05, 0.1) is 17.1 Å². The van der Waals surface area contributed by atoms with Crippen LogP contribution in [0, 0.1) is 5.82 Å². The van der Waals surface area contributed by atoms with E-state index in [0.29, 0.717) is 17.6 Å². The first kappa shape index (κ1) is 14.5. The molecule has 5 nitrogen and oxygen atoms in total. The Bertz CT molecular complexity index is 818. The molecule has 2 aromatic rings. The number of sulfonamides is 1. The van der Waals surface area contributed by atoms with Gasteiger partial charge in [0.1, 0.15) is 24.5 Å². The molecule has 0 aliphatic carbocycles. The van der Waals surface area contributed by atoms with E-state index in [1.165, 1.54) is 36.4 Å². The predicted octanol–water partition coefficient (Wildman–Crippen LogP) is 2.23. The van der Waals surface area contributed by atoms with E-state index in [2.05, 4.69) is 0 Å². The van der Waals surface area contributed by atoms with Crippen LogP contribution in [0.15, 0.2) is 47.4 Å². The third-order valence-electron chi connectivity index (χ3n) is 3.35. The molecule has 1 aliphatic rings. The van der Waals surface area contributed by atoms with Crippen molar-refractivity contribution in [3.8, 4) is 5.75 Å². The number of benzene rings is 2. The molecular formula is C15H12FNO4S. The maximum atomic E-state index is 13.4. The van der Waals surface area contributed by atoms with Crippen molar-refractivity contribution in [1.29, 1.82) is 0 Å². The molecule has 22 heavy (non-hydrogen) atoms. The lowest BCUT2D eigenvalue weighted by Crippen LogP contribution is -2.38. The molecule has 0 saturated carbocycles. The van der Waals surface area contributed by atoms with Gasteiger partial charge in [0.25, 0.3) is 10.0 Å². The molecule has 1 heterocycles. The monoisotopic (exact) mass is 321 g/mol. The third-order valence-corrected chi connectivity index (χ3v) is 5.17. The lowest BCUT2D eigenvalue weighted by Gasteiger charge is -2.30. The molecule has 1 aliphatic heterocycles. The molecule has 0 radical (unpaired) electrons. The van der Waals surface area contributed by atoms with E-state index < -0.39 is 15.8 Å². The fourth-order valence-electron chi connectivity index (χ4n) is 2.26. The normalized spacial score (nSPS) is 14.1. The Balaban J connectivity index is 2.06. The molecule has 0 N–H and O–H groups in total. The van der Waals surface area contributed by atoms with Crippen LogP contribution in [0.1, 0.15) is 10.4 Å². The summed E-state index contributed by atoms with van der Waals surface area (Å²) in [4.78, 5) is 10.7. The van der Waals surface area contributed by atoms with E-state index >= 15 is 0 Å². The van der Waals surface area contributed by atoms with Gasteiger partial charge in [-0.1, -0.05) is 12.1 Å². The molecule has 0 saturated heterocycles. The van der Waals surface area contributed by atoms with Crippen LogP contribution in [0.25, 0.3) is 0 Å². The zero-order chi connectivity index (χ0) is 15.7. The number of carbonyl (C=O) groups is 1. The average molecular weight is 321 g/mol. The fraction of sp³-hybridized carbons (Fsp3) is 0.133. The Morgan fingerprint density at radius 3 is 2.55 bits per heavy atom. The second-order valence-electron chi connectivity index (χ2n) is 4.72. The van der Waals surface area contributed by atoms with Crippen molar-refractivity contribution in [2.24, 2.45) is 0 Å². The minimum absolute atomic E-state index is 0.0372. The van der Waals surface area contributed by atoms with Gasteiger partial charge in [0, 0.05) is 11.6 Å². The van der Waals surface area contributed by atoms with E-state index in [-0.39, 0.29) is 23.7 Å². The molecule has 0 fully saturated rings. The number of hydrogen-bond donors (Lipinski definition) is 0. The first-order valence-corrected chi connectivity index (χ1v) is 7.97. The Morgan fingerprint density at radius 1 is 1.14 bits per heavy atom. The molecule has 0 bridgehead atoms. The molecule has 114 valence electrons. The predicted molar refractivity (Wildman–Crippen MR) is 78.3 cm³/mol. The van der Waals surface area contributed by atoms with E-state index in [1.807, 2.05) is 0 Å². The number of ether oxygens (including phenoxy) is 1. The summed E-state index contributed by atoms with van der Waals surface area (Å²) in [6, 6.07) is 9.31. The van der Waals surface area contributed by atoms with Crippen molar-refractivity contribution in [2.45, 2.75) is 4.90 Å². The number of halogens is 1. The lowest BCUT2D eigenvalue weighted by atomic mass is 10.2. The van der Waals surface area contributed by atoms with Gasteiger partial charge in [-0.25, -0.2) is 12.8 Å². The highest BCUT2D eigenvalue weighted by molar-refractivity contribution is 7.92. The summed E-state index contributed by atoms with van der Waals surface area (Å²) in [6.07, 6.45) is 0.635. The number of carbonyl (C=O) groups excluding carboxylic acids is 1. The van der Waals surface area contributed by atoms with Crippen LogP contribution in [0.4, 0.5) is 10.1 Å². The van der Waals surface area contributed by atoms with E-state index in [0.717, 1.165) is 10.4 Å². The average Bonchev–Trinajstić information content (AvgIpc) is 2.54. The SMILES string of the molecule is O=Cc1ccc(S(=O)(=O)N2CCOc3ccc(F)cc32)cc1. The van der Waals surface area contributed by atoms with Gasteiger partial charge in [-0.05, 0) is 24.3 Å². The maximum absolute atomic E-state index is 13.4. The van der Waals surface area contributed by atoms with Gasteiger partial charge in [-0.15, -0.1) is 0 Å². The first-order valence-electron chi connectivity index (χ1n) is 6.53. The Kier molecular flexibility index (Phi) is 3.58. The number of fused-ring (bicyclic) bond motifs is 1. The van der Waals surface area contributed by atoms with Crippen LogP contribution in [-0.2, 0) is 10.0 Å². The molecule has 0 aromatic heterocycles. The number of hydrogen-bond acceptors (Lipinski definition) is 4. The zero-order valence-electron chi connectivity index (χ0n) is 11.4. The van der Waals surface area contributed by atoms with Crippen LogP contribution in [0.2, 0.25) is 0 Å². The summed E-state index contributed by atoms with van der Waals surface area (Å²) >= 11 is 0. The summed E-state index contributed by atoms with van der Waals surface area (Å²) in [5.41, 5.74) is 0.554. The van der Waals surface area contributed by atoms with E-state index in [1.54, 1.807) is 0 Å². The van der Waals surface area contributed by atoms with E-state index in [9.17, 15) is 17.6 Å². The van der Waals surface area contributed by atoms with Crippen LogP contribution >= 0.6 is 0 Å². The smallest absolute Gasteiger partial charge is 0.264 e. The second kappa shape index (κ2) is 5.42. The number of nitrogens with zero attached hydrogens (tertiary/aromatic N) is 1. The summed E-state index contributed by atoms with van der Waals surface area (Å²) in [6.45, 7) is 0.276. The minimum Gasteiger partial charge on any atom is -0.489 e. The zero-order valence-corrected chi connectivity index (χ0v) is 12.2. The number of aldehydes is 1. The summed E-state index contributed by atoms with van der Waals surface area (Å²) in [7, 11) is -3.85. The molecule has 0 atom stereocenters. The lowest BCUT2D eigenvalue weighted by molar-refractivity contribution is 0.112. The Morgan fingerprint density at radius 2 is 1.86 bits per heavy atom. The highest BCUT2D eigenvalue weighted by Crippen LogP contribution is 2.35. The Hall–Kier alpha value is -2.41. The van der Waals surface area contributed by atoms with Crippen molar-refractivity contribution < 1.29 is 22.3 Å². The minimum atomic E-state index is -3.85. The molecule has 2 aromatic carbocycles. The van der Waals surface area contributed by atoms with Crippen molar-refractivity contribution >= 4 is 22.0 Å². The molecular weight excluding hydrogens is 309 g/mol. The van der Waals surface area contributed by atoms with Gasteiger partial charge in [0.15, 0.2) is 0 Å². The van der Waals surface area contributed by atoms with Crippen LogP contribution < -0.4 is 9.04 Å². The molecule has 3 rings (SSSR count). The van der Waals surface area contributed by atoms with Gasteiger partial charge in [-0.2, -0.15) is 0 Å². The highest BCUT2D eigenvalue weighted by atomic mass is 32.2. The summed E-state index contributed by atoms with van der Waals surface area (Å²) < 4.78 is 45.4. The van der Waals surface area contributed by atoms with Crippen LogP contribution in [0.5, 0.6) is 5.75 Å². The standard InChI is InChI=1S/C15H12FNO4S/c16-12-3-6-15-14(9-12)17(7-8-21-15)22(19,20)13-4-1-11(10-18)2-5-13/h1-6,9-10H,7-8H2. The van der Waals surface area contributed by atoms with Crippen LogP contribution in [-0.4, -0.2) is 27.9 Å². The van der Waals surface area contributed by atoms with Gasteiger partial charge in [-0.3, -0.25) is 9.10 Å². The molecule has 0 unspecified atom stereocenters. The molecule has 0 spiro atoms. The van der Waals surface area contributed by atoms with Crippen molar-refractivity contribution in [2.75, 3.05) is 17.5 Å². The van der Waals surface area contributed by atoms with E-state index in [4.69, 9.17) is 4.74 Å². The number of rotatable bonds is 3. The van der Waals surface area contributed by atoms with Crippen molar-refractivity contribution in [1.82, 2.24) is 0 Å². The Labute approximate surface area is 127 Å². The summed E-state index contributed by atoms with van der Waals surface area (Å²) in [5, 5.41) is 0. The first-order chi connectivity index (χ1) is 10.5. The van der Waals surface area contributed by atoms with Crippen molar-refractivity contribution in [3.05, 3.63) is 53.8 Å². The topological polar surface area (TPSA) is 63.7 Å². The number of anilines is 1. The van der Waals surface area contributed by atoms with Crippen LogP contribution in [0.3, 0.4) is 0 Å². The molecule has 7 heteroatoms. The quantitative estimate of drug-likeness (QED) is 0.813. The molecule has 0 amide bonds. The second-order valence-corrected chi connectivity index (χ2v) is 6.59. The fourth-order valence-corrected chi connectivity index (χ4v) is 3.71. The third kappa shape index (κ3) is 2.43. The van der Waals surface area contributed by atoms with Crippen molar-refractivity contribution in [3.63, 3.8) is 0 Å². The largest absolute Gasteiger partial charge is 0.489 e.